The van der Waals surface area contributed by atoms with E-state index in [9.17, 15) is 49.5 Å². The van der Waals surface area contributed by atoms with Crippen LogP contribution in [0, 0.1) is 0 Å². The maximum atomic E-state index is 11.8. The van der Waals surface area contributed by atoms with E-state index in [1.54, 1.807) is 6.92 Å². The number of hydrogen-bond acceptors (Lipinski definition) is 19. The van der Waals surface area contributed by atoms with Gasteiger partial charge in [0.15, 0.2) is 25.2 Å². The summed E-state index contributed by atoms with van der Waals surface area (Å²) < 4.78 is 52.9. The lowest BCUT2D eigenvalue weighted by molar-refractivity contribution is -0.377. The van der Waals surface area contributed by atoms with Crippen LogP contribution in [0.2, 0.25) is 0 Å². The highest BCUT2D eigenvalue weighted by atomic mass is 16.8. The van der Waals surface area contributed by atoms with Gasteiger partial charge in [0.25, 0.3) is 0 Å². The van der Waals surface area contributed by atoms with Crippen molar-refractivity contribution in [2.45, 2.75) is 176 Å². The average molecular weight is 839 g/mol. The summed E-state index contributed by atoms with van der Waals surface area (Å²) in [6, 6.07) is -4.21. The summed E-state index contributed by atoms with van der Waals surface area (Å²) in [5.74, 6) is -0.346. The second kappa shape index (κ2) is 22.4. The fraction of sp³-hybridized carbons (Fsp3) is 0.857. The molecule has 0 aromatic rings. The molecule has 58 heavy (non-hydrogen) atoms. The number of methoxy groups -OCH3 is 1. The molecule has 332 valence electrons. The molecule has 4 heterocycles. The molecule has 0 saturated carbocycles. The Hall–Kier alpha value is -3.17. The SMILES string of the molecule is COC(=O)CCCCCO[C@H]1O[C@H](C)[C@@H](NC=O)[C@H](O)[C@@H]1O[C@H]1O[C@H](C)[C@@H](NC=O)[C@H](O[C@H]2O[C@H](C)[C@@H](NC=O)[C@H](O)[C@@H]2O[C@H]2O[C@H](C)[C@@H](NC=O)[C@H](O)[C@@H]2O)[C@@H]1O. The molecule has 0 radical (unpaired) electrons. The number of amides is 4. The quantitative estimate of drug-likeness (QED) is 0.0297. The summed E-state index contributed by atoms with van der Waals surface area (Å²) in [6.07, 6.45) is -19.2. The Morgan fingerprint density at radius 3 is 1.45 bits per heavy atom. The molecule has 0 unspecified atom stereocenters. The highest BCUT2D eigenvalue weighted by molar-refractivity contribution is 5.68. The molecule has 4 amide bonds. The van der Waals surface area contributed by atoms with Crippen molar-refractivity contribution in [3.05, 3.63) is 0 Å². The number of carbonyl (C=O) groups is 5. The first kappa shape index (κ1) is 47.5. The van der Waals surface area contributed by atoms with Gasteiger partial charge in [-0.3, -0.25) is 24.0 Å². The second-order valence-corrected chi connectivity index (χ2v) is 14.6. The van der Waals surface area contributed by atoms with Gasteiger partial charge in [0, 0.05) is 13.0 Å². The summed E-state index contributed by atoms with van der Waals surface area (Å²) in [5, 5.41) is 66.3. The number of aliphatic hydroxyl groups excluding tert-OH is 5. The predicted molar refractivity (Wildman–Crippen MR) is 190 cm³/mol. The summed E-state index contributed by atoms with van der Waals surface area (Å²) >= 11 is 0. The summed E-state index contributed by atoms with van der Waals surface area (Å²) in [4.78, 5) is 57.3. The molecular weight excluding hydrogens is 780 g/mol. The van der Waals surface area contributed by atoms with Crippen LogP contribution in [0.15, 0.2) is 0 Å². The summed E-state index contributed by atoms with van der Waals surface area (Å²) in [7, 11) is 1.30. The second-order valence-electron chi connectivity index (χ2n) is 14.6. The van der Waals surface area contributed by atoms with E-state index >= 15 is 0 Å². The van der Waals surface area contributed by atoms with Gasteiger partial charge in [0.2, 0.25) is 25.6 Å². The molecule has 0 aromatic carbocycles. The molecule has 9 N–H and O–H groups in total. The van der Waals surface area contributed by atoms with E-state index in [2.05, 4.69) is 26.0 Å². The van der Waals surface area contributed by atoms with E-state index in [1.807, 2.05) is 0 Å². The minimum Gasteiger partial charge on any atom is -0.469 e. The van der Waals surface area contributed by atoms with Crippen LogP contribution < -0.4 is 21.3 Å². The lowest BCUT2D eigenvalue weighted by Gasteiger charge is -2.50. The molecular formula is C35H58N4O19. The highest BCUT2D eigenvalue weighted by Gasteiger charge is 2.55. The zero-order valence-corrected chi connectivity index (χ0v) is 32.8. The number of unbranched alkanes of at least 4 members (excludes halogenated alkanes) is 2. The third-order valence-electron chi connectivity index (χ3n) is 10.8. The van der Waals surface area contributed by atoms with Gasteiger partial charge in [-0.05, 0) is 40.5 Å². The molecule has 0 aromatic heterocycles. The third kappa shape index (κ3) is 11.3. The standard InChI is InChI=1S/C35H58N4O19/c1-15-20(36-11-40)24(45)27(48)32(52-15)58-31-26(47)22(38-13-42)17(3)55-35(31)56-29-23(39-14-43)18(4)53-33(28(29)49)57-30-25(46)21(37-12-41)16(2)54-34(30)51-10-8-6-7-9-19(44)50-5/h11-18,20-35,45-49H,6-10H2,1-5H3,(H,36,40)(H,37,41)(H,38,42)(H,39,43)/t15-,16-,17-,18-,20-,21-,22-,23-,24+,25+,26+,27+,28+,29+,30+,31+,32-,33-,34+,35-/m1/s1. The molecule has 4 aliphatic rings. The Morgan fingerprint density at radius 1 is 0.517 bits per heavy atom. The number of nitrogens with one attached hydrogen (secondary N) is 4. The van der Waals surface area contributed by atoms with Gasteiger partial charge in [-0.2, -0.15) is 0 Å². The number of rotatable bonds is 21. The van der Waals surface area contributed by atoms with Crippen molar-refractivity contribution < 1.29 is 92.1 Å². The van der Waals surface area contributed by atoms with E-state index in [1.165, 1.54) is 27.9 Å². The van der Waals surface area contributed by atoms with E-state index in [0.29, 0.717) is 44.9 Å². The lowest BCUT2D eigenvalue weighted by atomic mass is 9.93. The van der Waals surface area contributed by atoms with E-state index in [0.717, 1.165) is 0 Å². The van der Waals surface area contributed by atoms with Gasteiger partial charge in [-0.15, -0.1) is 0 Å². The summed E-state index contributed by atoms with van der Waals surface area (Å²) in [5.41, 5.74) is 0. The van der Waals surface area contributed by atoms with Crippen molar-refractivity contribution in [1.29, 1.82) is 0 Å². The molecule has 0 spiro atoms. The fourth-order valence-corrected chi connectivity index (χ4v) is 7.56. The van der Waals surface area contributed by atoms with Crippen molar-refractivity contribution in [3.8, 4) is 0 Å². The molecule has 4 rings (SSSR count). The van der Waals surface area contributed by atoms with Crippen molar-refractivity contribution >= 4 is 31.6 Å². The van der Waals surface area contributed by atoms with Crippen molar-refractivity contribution in [3.63, 3.8) is 0 Å². The first-order valence-electron chi connectivity index (χ1n) is 19.2. The lowest BCUT2D eigenvalue weighted by Crippen LogP contribution is -2.70. The topological polar surface area (TPSA) is 318 Å². The number of hydrogen-bond donors (Lipinski definition) is 9. The van der Waals surface area contributed by atoms with Crippen LogP contribution in [-0.4, -0.2) is 193 Å². The Morgan fingerprint density at radius 2 is 0.931 bits per heavy atom. The molecule has 23 nitrogen and oxygen atoms in total. The van der Waals surface area contributed by atoms with Gasteiger partial charge < -0.3 is 89.4 Å². The first-order valence-corrected chi connectivity index (χ1v) is 19.2. The van der Waals surface area contributed by atoms with Gasteiger partial charge in [-0.25, -0.2) is 0 Å². The molecule has 4 saturated heterocycles. The Balaban J connectivity index is 1.58. The normalized spacial score (nSPS) is 43.0. The maximum absolute atomic E-state index is 11.8. The molecule has 0 aliphatic carbocycles. The monoisotopic (exact) mass is 838 g/mol. The number of aliphatic hydroxyl groups is 5. The van der Waals surface area contributed by atoms with Gasteiger partial charge in [-0.1, -0.05) is 6.42 Å². The number of esters is 1. The highest BCUT2D eigenvalue weighted by Crippen LogP contribution is 2.35. The Bertz CT molecular complexity index is 1320. The van der Waals surface area contributed by atoms with Crippen molar-refractivity contribution in [2.75, 3.05) is 13.7 Å². The molecule has 0 bridgehead atoms. The van der Waals surface area contributed by atoms with Crippen LogP contribution in [0.25, 0.3) is 0 Å². The number of carbonyl (C=O) groups excluding carboxylic acids is 5. The van der Waals surface area contributed by atoms with E-state index in [4.69, 9.17) is 37.9 Å². The zero-order valence-electron chi connectivity index (χ0n) is 32.8. The van der Waals surface area contributed by atoms with Crippen molar-refractivity contribution in [2.24, 2.45) is 0 Å². The Kier molecular flexibility index (Phi) is 18.4. The average Bonchev–Trinajstić information content (AvgIpc) is 3.19. The van der Waals surface area contributed by atoms with Crippen LogP contribution in [0.3, 0.4) is 0 Å². The van der Waals surface area contributed by atoms with Crippen LogP contribution in [0.4, 0.5) is 0 Å². The first-order chi connectivity index (χ1) is 27.7. The Labute approximate surface area is 334 Å². The van der Waals surface area contributed by atoms with Crippen LogP contribution >= 0.6 is 0 Å². The molecule has 4 aliphatic heterocycles. The smallest absolute Gasteiger partial charge is 0.305 e. The molecule has 23 heteroatoms. The molecule has 4 fully saturated rings. The predicted octanol–water partition coefficient (Wildman–Crippen LogP) is -4.87. The largest absolute Gasteiger partial charge is 0.469 e. The van der Waals surface area contributed by atoms with Crippen LogP contribution in [0.5, 0.6) is 0 Å². The van der Waals surface area contributed by atoms with Crippen LogP contribution in [-0.2, 0) is 66.6 Å². The third-order valence-corrected chi connectivity index (χ3v) is 10.8. The van der Waals surface area contributed by atoms with Gasteiger partial charge in [0.05, 0.1) is 55.7 Å². The van der Waals surface area contributed by atoms with Gasteiger partial charge >= 0.3 is 5.97 Å². The van der Waals surface area contributed by atoms with E-state index < -0.39 is 123 Å². The van der Waals surface area contributed by atoms with E-state index in [-0.39, 0.29) is 19.0 Å². The minimum absolute atomic E-state index is 0.114. The molecule has 20 atom stereocenters. The summed E-state index contributed by atoms with van der Waals surface area (Å²) in [6.45, 7) is 6.26. The fourth-order valence-electron chi connectivity index (χ4n) is 7.56. The zero-order chi connectivity index (χ0) is 42.7. The maximum Gasteiger partial charge on any atom is 0.305 e. The van der Waals surface area contributed by atoms with Crippen molar-refractivity contribution in [1.82, 2.24) is 21.3 Å². The van der Waals surface area contributed by atoms with Gasteiger partial charge in [0.1, 0.15) is 48.8 Å². The van der Waals surface area contributed by atoms with Crippen LogP contribution in [0.1, 0.15) is 53.4 Å². The number of ether oxygens (including phenoxy) is 9. The minimum atomic E-state index is -1.80.